The first-order chi connectivity index (χ1) is 12.5. The Morgan fingerprint density at radius 1 is 1.42 bits per heavy atom. The molecular weight excluding hydrogens is 357 g/mol. The number of halogens is 2. The molecule has 0 aliphatic heterocycles. The summed E-state index contributed by atoms with van der Waals surface area (Å²) < 4.78 is 19.5. The summed E-state index contributed by atoms with van der Waals surface area (Å²) in [5, 5.41) is 7.06. The normalized spacial score (nSPS) is 16.5. The quantitative estimate of drug-likeness (QED) is 0.820. The summed E-state index contributed by atoms with van der Waals surface area (Å²) in [6.45, 7) is 1.98. The summed E-state index contributed by atoms with van der Waals surface area (Å²) >= 11 is 6.13. The average molecular weight is 380 g/mol. The molecular formula is C19H23ClFN3O2. The molecule has 0 spiro atoms. The Morgan fingerprint density at radius 3 is 2.81 bits per heavy atom. The predicted octanol–water partition coefficient (Wildman–Crippen LogP) is 4.08. The first-order valence-corrected chi connectivity index (χ1v) is 9.32. The third kappa shape index (κ3) is 3.76. The molecule has 1 aliphatic rings. The molecule has 1 aliphatic carbocycles. The van der Waals surface area contributed by atoms with E-state index in [0.29, 0.717) is 18.2 Å². The Morgan fingerprint density at radius 2 is 2.15 bits per heavy atom. The van der Waals surface area contributed by atoms with Crippen LogP contribution in [-0.4, -0.2) is 23.7 Å². The Bertz CT molecular complexity index is 767. The fraction of sp³-hybridized carbons (Fsp3) is 0.474. The van der Waals surface area contributed by atoms with Crippen molar-refractivity contribution in [2.75, 3.05) is 6.54 Å². The Hall–Kier alpha value is -1.92. The van der Waals surface area contributed by atoms with Crippen LogP contribution in [0.1, 0.15) is 48.2 Å². The van der Waals surface area contributed by atoms with Gasteiger partial charge in [-0.3, -0.25) is 4.79 Å². The number of nitrogens with two attached hydrogens (primary N) is 1. The smallest absolute Gasteiger partial charge is 0.257 e. The second-order valence-electron chi connectivity index (χ2n) is 6.77. The number of benzene rings is 1. The van der Waals surface area contributed by atoms with Gasteiger partial charge in [0.05, 0.1) is 10.6 Å². The Balaban J connectivity index is 1.89. The van der Waals surface area contributed by atoms with Crippen molar-refractivity contribution in [3.8, 4) is 11.3 Å². The van der Waals surface area contributed by atoms with Crippen molar-refractivity contribution >= 4 is 17.5 Å². The molecule has 0 saturated heterocycles. The minimum Gasteiger partial charge on any atom is -0.360 e. The van der Waals surface area contributed by atoms with Gasteiger partial charge in [0, 0.05) is 12.6 Å². The summed E-state index contributed by atoms with van der Waals surface area (Å²) in [4.78, 5) is 12.9. The summed E-state index contributed by atoms with van der Waals surface area (Å²) in [5.41, 5.74) is 6.29. The highest BCUT2D eigenvalue weighted by atomic mass is 35.5. The molecule has 3 N–H and O–H groups in total. The molecule has 2 aromatic rings. The zero-order valence-electron chi connectivity index (χ0n) is 14.7. The lowest BCUT2D eigenvalue weighted by Gasteiger charge is -2.30. The van der Waals surface area contributed by atoms with E-state index in [0.717, 1.165) is 25.7 Å². The number of aromatic nitrogens is 1. The second kappa shape index (κ2) is 8.18. The maximum Gasteiger partial charge on any atom is 0.257 e. The van der Waals surface area contributed by atoms with Gasteiger partial charge < -0.3 is 15.6 Å². The zero-order valence-corrected chi connectivity index (χ0v) is 15.5. The molecule has 7 heteroatoms. The number of rotatable bonds is 5. The minimum absolute atomic E-state index is 0.0677. The molecule has 1 heterocycles. The van der Waals surface area contributed by atoms with E-state index in [1.807, 2.05) is 0 Å². The van der Waals surface area contributed by atoms with Gasteiger partial charge in [0.15, 0.2) is 0 Å². The molecule has 5 nitrogen and oxygen atoms in total. The summed E-state index contributed by atoms with van der Waals surface area (Å²) in [6, 6.07) is 4.20. The highest BCUT2D eigenvalue weighted by molar-refractivity contribution is 6.33. The summed E-state index contributed by atoms with van der Waals surface area (Å²) in [7, 11) is 0. The molecule has 0 bridgehead atoms. The molecule has 0 radical (unpaired) electrons. The number of nitrogens with zero attached hydrogens (tertiary/aromatic N) is 1. The summed E-state index contributed by atoms with van der Waals surface area (Å²) in [6.07, 6.45) is 5.63. The van der Waals surface area contributed by atoms with Crippen molar-refractivity contribution in [1.82, 2.24) is 10.5 Å². The minimum atomic E-state index is -0.553. The van der Waals surface area contributed by atoms with Gasteiger partial charge >= 0.3 is 0 Å². The van der Waals surface area contributed by atoms with Crippen LogP contribution < -0.4 is 11.1 Å². The van der Waals surface area contributed by atoms with Gasteiger partial charge in [-0.1, -0.05) is 42.1 Å². The van der Waals surface area contributed by atoms with Gasteiger partial charge in [0.25, 0.3) is 5.91 Å². The zero-order chi connectivity index (χ0) is 18.7. The van der Waals surface area contributed by atoms with Gasteiger partial charge in [0.2, 0.25) is 0 Å². The highest BCUT2D eigenvalue weighted by Crippen LogP contribution is 2.34. The monoisotopic (exact) mass is 379 g/mol. The van der Waals surface area contributed by atoms with Crippen LogP contribution in [0.3, 0.4) is 0 Å². The van der Waals surface area contributed by atoms with Crippen LogP contribution in [0.4, 0.5) is 4.39 Å². The molecule has 3 rings (SSSR count). The van der Waals surface area contributed by atoms with E-state index in [2.05, 4.69) is 10.5 Å². The van der Waals surface area contributed by atoms with Crippen LogP contribution in [-0.2, 0) is 0 Å². The van der Waals surface area contributed by atoms with Crippen molar-refractivity contribution < 1.29 is 13.7 Å². The molecule has 1 aromatic heterocycles. The standard InChI is InChI=1S/C19H23ClFN3O2/c1-11-16(18(24-26-11)17-13(20)8-5-9-14(17)21)19(25)23-15(10-22)12-6-3-2-4-7-12/h5,8-9,12,15H,2-4,6-7,10,22H2,1H3,(H,23,25). The molecule has 140 valence electrons. The largest absolute Gasteiger partial charge is 0.360 e. The molecule has 1 saturated carbocycles. The fourth-order valence-electron chi connectivity index (χ4n) is 3.68. The number of aryl methyl sites for hydroxylation is 1. The van der Waals surface area contributed by atoms with Crippen LogP contribution >= 0.6 is 11.6 Å². The molecule has 1 aromatic carbocycles. The lowest BCUT2D eigenvalue weighted by molar-refractivity contribution is 0.0914. The van der Waals surface area contributed by atoms with Crippen LogP contribution in [0.25, 0.3) is 11.3 Å². The maximum atomic E-state index is 14.3. The number of hydrogen-bond donors (Lipinski definition) is 2. The number of amides is 1. The Labute approximate surface area is 157 Å². The number of hydrogen-bond acceptors (Lipinski definition) is 4. The number of nitrogens with one attached hydrogen (secondary N) is 1. The van der Waals surface area contributed by atoms with Crippen molar-refractivity contribution in [2.24, 2.45) is 11.7 Å². The predicted molar refractivity (Wildman–Crippen MR) is 98.5 cm³/mol. The third-order valence-electron chi connectivity index (χ3n) is 5.08. The van der Waals surface area contributed by atoms with Gasteiger partial charge in [-0.05, 0) is 37.8 Å². The molecule has 1 amide bonds. The molecule has 1 atom stereocenters. The number of carbonyl (C=O) groups excluding carboxylic acids is 1. The van der Waals surface area contributed by atoms with E-state index >= 15 is 0 Å². The van der Waals surface area contributed by atoms with Crippen molar-refractivity contribution in [3.63, 3.8) is 0 Å². The van der Waals surface area contributed by atoms with Gasteiger partial charge in [-0.15, -0.1) is 0 Å². The van der Waals surface area contributed by atoms with E-state index < -0.39 is 5.82 Å². The summed E-state index contributed by atoms with van der Waals surface area (Å²) in [5.74, 6) is -0.240. The van der Waals surface area contributed by atoms with Crippen molar-refractivity contribution in [1.29, 1.82) is 0 Å². The maximum absolute atomic E-state index is 14.3. The Kier molecular flexibility index (Phi) is 5.94. The van der Waals surface area contributed by atoms with Crippen LogP contribution in [0.5, 0.6) is 0 Å². The lowest BCUT2D eigenvalue weighted by Crippen LogP contribution is -2.46. The van der Waals surface area contributed by atoms with Gasteiger partial charge in [-0.2, -0.15) is 0 Å². The fourth-order valence-corrected chi connectivity index (χ4v) is 3.93. The second-order valence-corrected chi connectivity index (χ2v) is 7.18. The van der Waals surface area contributed by atoms with Gasteiger partial charge in [-0.25, -0.2) is 4.39 Å². The van der Waals surface area contributed by atoms with E-state index in [9.17, 15) is 9.18 Å². The first-order valence-electron chi connectivity index (χ1n) is 8.94. The van der Waals surface area contributed by atoms with E-state index in [-0.39, 0.29) is 33.8 Å². The topological polar surface area (TPSA) is 81.2 Å². The highest BCUT2D eigenvalue weighted by Gasteiger charge is 2.29. The molecule has 26 heavy (non-hydrogen) atoms. The number of carbonyl (C=O) groups is 1. The van der Waals surface area contributed by atoms with Crippen LogP contribution in [0, 0.1) is 18.7 Å². The lowest BCUT2D eigenvalue weighted by atomic mass is 9.83. The van der Waals surface area contributed by atoms with Crippen LogP contribution in [0.2, 0.25) is 5.02 Å². The van der Waals surface area contributed by atoms with Gasteiger partial charge in [0.1, 0.15) is 22.8 Å². The third-order valence-corrected chi connectivity index (χ3v) is 5.39. The molecule has 1 unspecified atom stereocenters. The molecule has 1 fully saturated rings. The first kappa shape index (κ1) is 18.9. The van der Waals surface area contributed by atoms with E-state index in [1.165, 1.54) is 18.6 Å². The SMILES string of the molecule is Cc1onc(-c2c(F)cccc2Cl)c1C(=O)NC(CN)C1CCCCC1. The van der Waals surface area contributed by atoms with E-state index in [1.54, 1.807) is 13.0 Å². The van der Waals surface area contributed by atoms with Crippen molar-refractivity contribution in [2.45, 2.75) is 45.1 Å². The van der Waals surface area contributed by atoms with E-state index in [4.69, 9.17) is 21.9 Å². The van der Waals surface area contributed by atoms with Crippen LogP contribution in [0.15, 0.2) is 22.7 Å². The van der Waals surface area contributed by atoms with Crippen molar-refractivity contribution in [3.05, 3.63) is 40.4 Å². The average Bonchev–Trinajstić information content (AvgIpc) is 3.01.